The van der Waals surface area contributed by atoms with Crippen molar-refractivity contribution >= 4 is 12.0 Å². The van der Waals surface area contributed by atoms with Crippen LogP contribution in [0.5, 0.6) is 0 Å². The highest BCUT2D eigenvalue weighted by molar-refractivity contribution is 5.74. The molecule has 0 bridgehead atoms. The fraction of sp³-hybridized carbons (Fsp3) is 0.550. The van der Waals surface area contributed by atoms with E-state index in [1.165, 1.54) is 18.2 Å². The predicted molar refractivity (Wildman–Crippen MR) is 94.3 cm³/mol. The normalized spacial score (nSPS) is 15.4. The highest BCUT2D eigenvalue weighted by Gasteiger charge is 2.33. The summed E-state index contributed by atoms with van der Waals surface area (Å²) in [6, 6.07) is 4.04. The lowest BCUT2D eigenvalue weighted by atomic mass is 9.81. The molecule has 0 saturated carbocycles. The number of hydrogen-bond acceptors (Lipinski definition) is 1. The Hall–Kier alpha value is -1.78. The lowest BCUT2D eigenvalue weighted by Crippen LogP contribution is -2.27. The Morgan fingerprint density at radius 1 is 1.16 bits per heavy atom. The van der Waals surface area contributed by atoms with E-state index in [4.69, 9.17) is 0 Å². The largest absolute Gasteiger partial charge is 0.481 e. The van der Waals surface area contributed by atoms with E-state index in [0.29, 0.717) is 24.8 Å². The van der Waals surface area contributed by atoms with Crippen LogP contribution in [0.3, 0.4) is 0 Å². The molecule has 1 aromatic carbocycles. The van der Waals surface area contributed by atoms with Gasteiger partial charge in [0.25, 0.3) is 0 Å². The quantitative estimate of drug-likeness (QED) is 0.659. The van der Waals surface area contributed by atoms with Gasteiger partial charge in [-0.15, -0.1) is 0 Å². The van der Waals surface area contributed by atoms with E-state index in [0.717, 1.165) is 6.07 Å². The molecule has 5 heteroatoms. The number of aryl methyl sites for hydroxylation is 1. The van der Waals surface area contributed by atoms with E-state index in [9.17, 15) is 23.1 Å². The maximum Gasteiger partial charge on any atom is 0.416 e. The number of hydrogen-bond donors (Lipinski definition) is 1. The number of aliphatic carboxylic acids is 1. The first kappa shape index (κ1) is 21.3. The van der Waals surface area contributed by atoms with Crippen molar-refractivity contribution in [3.8, 4) is 0 Å². The van der Waals surface area contributed by atoms with Crippen molar-refractivity contribution in [1.82, 2.24) is 0 Å². The molecule has 0 unspecified atom stereocenters. The summed E-state index contributed by atoms with van der Waals surface area (Å²) in [4.78, 5) is 11.4. The predicted octanol–water partition coefficient (Wildman–Crippen LogP) is 6.20. The second kappa shape index (κ2) is 7.63. The molecule has 0 amide bonds. The van der Waals surface area contributed by atoms with E-state index >= 15 is 0 Å². The van der Waals surface area contributed by atoms with Crippen LogP contribution >= 0.6 is 0 Å². The summed E-state index contributed by atoms with van der Waals surface area (Å²) in [6.45, 7) is 9.22. The summed E-state index contributed by atoms with van der Waals surface area (Å²) in [5.41, 5.74) is -0.947. The van der Waals surface area contributed by atoms with Gasteiger partial charge in [-0.3, -0.25) is 4.79 Å². The SMILES string of the molecule is CC[C@](C)(CCc1ccc(C(F)(F)F)c(/C=C/C(C)(C)C)c1)C(=O)O. The zero-order chi connectivity index (χ0) is 19.5. The van der Waals surface area contributed by atoms with Crippen molar-refractivity contribution in [2.75, 3.05) is 0 Å². The van der Waals surface area contributed by atoms with Gasteiger partial charge in [0.1, 0.15) is 0 Å². The maximum absolute atomic E-state index is 13.2. The van der Waals surface area contributed by atoms with E-state index in [1.54, 1.807) is 19.9 Å². The molecule has 0 saturated heterocycles. The average Bonchev–Trinajstić information content (AvgIpc) is 2.48. The first-order valence-electron chi connectivity index (χ1n) is 8.41. The highest BCUT2D eigenvalue weighted by Crippen LogP contribution is 2.35. The molecule has 2 nitrogen and oxygen atoms in total. The zero-order valence-electron chi connectivity index (χ0n) is 15.5. The van der Waals surface area contributed by atoms with Crippen molar-refractivity contribution in [3.05, 3.63) is 41.0 Å². The Morgan fingerprint density at radius 2 is 1.76 bits per heavy atom. The number of alkyl halides is 3. The molecular formula is C20H27F3O2. The fourth-order valence-corrected chi connectivity index (χ4v) is 2.36. The molecule has 140 valence electrons. The third-order valence-corrected chi connectivity index (χ3v) is 4.45. The summed E-state index contributed by atoms with van der Waals surface area (Å²) in [6.07, 6.45) is 0.101. The molecule has 0 fully saturated rings. The van der Waals surface area contributed by atoms with Gasteiger partial charge in [-0.25, -0.2) is 0 Å². The molecule has 0 aliphatic heterocycles. The molecule has 1 atom stereocenters. The van der Waals surface area contributed by atoms with Gasteiger partial charge in [-0.1, -0.05) is 52.0 Å². The minimum absolute atomic E-state index is 0.119. The standard InChI is InChI=1S/C20H27F3O2/c1-6-19(5,17(24)25)12-9-14-7-8-16(20(21,22)23)15(13-14)10-11-18(2,3)4/h7-8,10-11,13H,6,9,12H2,1-5H3,(H,24,25)/b11-10+/t19-/m1/s1. The Balaban J connectivity index is 3.16. The molecule has 0 aromatic heterocycles. The summed E-state index contributed by atoms with van der Waals surface area (Å²) in [7, 11) is 0. The van der Waals surface area contributed by atoms with Gasteiger partial charge in [0.2, 0.25) is 0 Å². The van der Waals surface area contributed by atoms with Crippen molar-refractivity contribution < 1.29 is 23.1 Å². The van der Waals surface area contributed by atoms with Gasteiger partial charge in [0.15, 0.2) is 0 Å². The highest BCUT2D eigenvalue weighted by atomic mass is 19.4. The minimum atomic E-state index is -4.42. The number of carbonyl (C=O) groups is 1. The summed E-state index contributed by atoms with van der Waals surface area (Å²) < 4.78 is 39.7. The minimum Gasteiger partial charge on any atom is -0.481 e. The van der Waals surface area contributed by atoms with E-state index in [1.807, 2.05) is 20.8 Å². The van der Waals surface area contributed by atoms with Gasteiger partial charge in [-0.2, -0.15) is 13.2 Å². The van der Waals surface area contributed by atoms with Crippen molar-refractivity contribution in [2.45, 2.75) is 60.1 Å². The molecule has 1 aromatic rings. The third kappa shape index (κ3) is 6.22. The number of benzene rings is 1. The van der Waals surface area contributed by atoms with E-state index in [2.05, 4.69) is 0 Å². The summed E-state index contributed by atoms with van der Waals surface area (Å²) in [5.74, 6) is -0.880. The van der Waals surface area contributed by atoms with Crippen molar-refractivity contribution in [3.63, 3.8) is 0 Å². The molecule has 0 spiro atoms. The van der Waals surface area contributed by atoms with Crippen LogP contribution in [-0.2, 0) is 17.4 Å². The number of rotatable bonds is 6. The van der Waals surface area contributed by atoms with E-state index < -0.39 is 23.1 Å². The molecule has 25 heavy (non-hydrogen) atoms. The Kier molecular flexibility index (Phi) is 6.49. The molecular weight excluding hydrogens is 329 g/mol. The Labute approximate surface area is 147 Å². The fourth-order valence-electron chi connectivity index (χ4n) is 2.36. The van der Waals surface area contributed by atoms with Gasteiger partial charge in [0.05, 0.1) is 11.0 Å². The second-order valence-corrected chi connectivity index (χ2v) is 7.84. The van der Waals surface area contributed by atoms with Gasteiger partial charge < -0.3 is 5.11 Å². The first-order chi connectivity index (χ1) is 11.3. The van der Waals surface area contributed by atoms with Crippen LogP contribution in [0.25, 0.3) is 6.08 Å². The first-order valence-corrected chi connectivity index (χ1v) is 8.41. The number of allylic oxidation sites excluding steroid dienone is 1. The third-order valence-electron chi connectivity index (χ3n) is 4.45. The molecule has 0 aliphatic carbocycles. The van der Waals surface area contributed by atoms with Gasteiger partial charge >= 0.3 is 12.1 Å². The number of carboxylic acids is 1. The van der Waals surface area contributed by atoms with Crippen LogP contribution in [0.1, 0.15) is 64.2 Å². The van der Waals surface area contributed by atoms with Gasteiger partial charge in [-0.05, 0) is 48.8 Å². The van der Waals surface area contributed by atoms with Crippen LogP contribution in [0, 0.1) is 10.8 Å². The van der Waals surface area contributed by atoms with Crippen LogP contribution < -0.4 is 0 Å². The second-order valence-electron chi connectivity index (χ2n) is 7.84. The molecule has 0 aliphatic rings. The Morgan fingerprint density at radius 3 is 2.20 bits per heavy atom. The number of carboxylic acid groups (broad SMARTS) is 1. The van der Waals surface area contributed by atoms with Crippen LogP contribution in [0.15, 0.2) is 24.3 Å². The molecule has 0 radical (unpaired) electrons. The van der Waals surface area contributed by atoms with Crippen molar-refractivity contribution in [2.24, 2.45) is 10.8 Å². The zero-order valence-corrected chi connectivity index (χ0v) is 15.5. The lowest BCUT2D eigenvalue weighted by molar-refractivity contribution is -0.148. The average molecular weight is 356 g/mol. The maximum atomic E-state index is 13.2. The molecule has 0 heterocycles. The van der Waals surface area contributed by atoms with Crippen molar-refractivity contribution in [1.29, 1.82) is 0 Å². The molecule has 1 rings (SSSR count). The van der Waals surface area contributed by atoms with E-state index in [-0.39, 0.29) is 11.0 Å². The Bertz CT molecular complexity index is 639. The number of halogens is 3. The lowest BCUT2D eigenvalue weighted by Gasteiger charge is -2.23. The summed E-state index contributed by atoms with van der Waals surface area (Å²) in [5, 5.41) is 9.33. The molecule has 1 N–H and O–H groups in total. The topological polar surface area (TPSA) is 37.3 Å². The van der Waals surface area contributed by atoms with Crippen LogP contribution in [0.2, 0.25) is 0 Å². The van der Waals surface area contributed by atoms with Crippen LogP contribution in [0.4, 0.5) is 13.2 Å². The van der Waals surface area contributed by atoms with Crippen LogP contribution in [-0.4, -0.2) is 11.1 Å². The monoisotopic (exact) mass is 356 g/mol. The summed E-state index contributed by atoms with van der Waals surface area (Å²) >= 11 is 0. The smallest absolute Gasteiger partial charge is 0.416 e. The van der Waals surface area contributed by atoms with Gasteiger partial charge in [0, 0.05) is 0 Å².